The van der Waals surface area contributed by atoms with Crippen molar-refractivity contribution < 1.29 is 14.4 Å². The maximum atomic E-state index is 13.3. The lowest BCUT2D eigenvalue weighted by Gasteiger charge is -2.37. The molecule has 5 rings (SSSR count). The molecule has 7 heteroatoms. The molecule has 7 nitrogen and oxygen atoms in total. The monoisotopic (exact) mass is 566 g/mol. The summed E-state index contributed by atoms with van der Waals surface area (Å²) in [5, 5.41) is 0. The maximum Gasteiger partial charge on any atom is 0.261 e. The summed E-state index contributed by atoms with van der Waals surface area (Å²) in [5.41, 5.74) is 8.36. The van der Waals surface area contributed by atoms with E-state index in [0.717, 1.165) is 69.4 Å². The van der Waals surface area contributed by atoms with Gasteiger partial charge >= 0.3 is 0 Å². The van der Waals surface area contributed by atoms with Crippen LogP contribution in [0.3, 0.4) is 0 Å². The number of amides is 3. The van der Waals surface area contributed by atoms with Crippen LogP contribution in [-0.2, 0) is 10.2 Å². The van der Waals surface area contributed by atoms with Crippen LogP contribution in [-0.4, -0.2) is 78.7 Å². The number of carbonyl (C=O) groups excluding carboxylic acids is 3. The molecule has 2 heterocycles. The highest BCUT2D eigenvalue weighted by Gasteiger charge is 2.49. The molecule has 2 aliphatic rings. The van der Waals surface area contributed by atoms with Gasteiger partial charge in [0, 0.05) is 19.6 Å². The van der Waals surface area contributed by atoms with E-state index in [-0.39, 0.29) is 23.6 Å². The van der Waals surface area contributed by atoms with Crippen LogP contribution in [0.15, 0.2) is 84.9 Å². The average Bonchev–Trinajstić information content (AvgIpc) is 3.57. The third-order valence-electron chi connectivity index (χ3n) is 9.08. The van der Waals surface area contributed by atoms with Gasteiger partial charge in [-0.2, -0.15) is 0 Å². The number of likely N-dealkylation sites (tertiary alicyclic amines) is 1. The molecule has 0 spiro atoms. The third kappa shape index (κ3) is 6.03. The zero-order valence-electron chi connectivity index (χ0n) is 24.6. The Balaban J connectivity index is 1.05. The smallest absolute Gasteiger partial charge is 0.261 e. The Labute approximate surface area is 249 Å². The molecule has 1 saturated heterocycles. The highest BCUT2D eigenvalue weighted by Crippen LogP contribution is 2.43. The first kappa shape index (κ1) is 29.7. The first-order chi connectivity index (χ1) is 20.4. The molecule has 3 aromatic carbocycles. The van der Waals surface area contributed by atoms with Crippen molar-refractivity contribution in [1.82, 2.24) is 14.7 Å². The number of benzene rings is 3. The van der Waals surface area contributed by atoms with Crippen molar-refractivity contribution in [2.24, 2.45) is 11.7 Å². The standard InChI is InChI=1S/C35H42N4O3/c1-37(24-25-39-32(40)30-18-10-11-19-31(30)33(39)41)21-12-2-3-13-22-38-23-20-29(26-38)35(34(36)42,27-14-6-4-7-15-27)28-16-8-5-9-17-28/h4-11,14-19,29H,2-3,12-13,20-26H2,1H3,(H2,36,42). The summed E-state index contributed by atoms with van der Waals surface area (Å²) >= 11 is 0. The van der Waals surface area contributed by atoms with Gasteiger partial charge < -0.3 is 15.5 Å². The minimum Gasteiger partial charge on any atom is -0.369 e. The number of imide groups is 1. The van der Waals surface area contributed by atoms with Gasteiger partial charge in [-0.3, -0.25) is 19.3 Å². The summed E-state index contributed by atoms with van der Waals surface area (Å²) in [5.74, 6) is -0.531. The SMILES string of the molecule is CN(CCCCCCN1CCC(C(C(N)=O)(c2ccccc2)c2ccccc2)C1)CCN1C(=O)c2ccccc2C1=O. The van der Waals surface area contributed by atoms with Crippen LogP contribution >= 0.6 is 0 Å². The average molecular weight is 567 g/mol. The highest BCUT2D eigenvalue weighted by atomic mass is 16.2. The van der Waals surface area contributed by atoms with Gasteiger partial charge in [-0.15, -0.1) is 0 Å². The summed E-state index contributed by atoms with van der Waals surface area (Å²) in [7, 11) is 2.05. The van der Waals surface area contributed by atoms with Gasteiger partial charge in [0.1, 0.15) is 5.41 Å². The van der Waals surface area contributed by atoms with E-state index in [1.165, 1.54) is 4.90 Å². The molecule has 1 unspecified atom stereocenters. The lowest BCUT2D eigenvalue weighted by molar-refractivity contribution is -0.123. The van der Waals surface area contributed by atoms with Crippen molar-refractivity contribution in [2.45, 2.75) is 37.5 Å². The van der Waals surface area contributed by atoms with Crippen molar-refractivity contribution in [3.8, 4) is 0 Å². The van der Waals surface area contributed by atoms with Crippen molar-refractivity contribution in [2.75, 3.05) is 46.3 Å². The number of primary amides is 1. The van der Waals surface area contributed by atoms with Crippen LogP contribution in [0, 0.1) is 5.92 Å². The van der Waals surface area contributed by atoms with Crippen LogP contribution in [0.2, 0.25) is 0 Å². The molecular weight excluding hydrogens is 524 g/mol. The molecule has 0 aliphatic carbocycles. The number of likely N-dealkylation sites (N-methyl/N-ethyl adjacent to an activating group) is 1. The van der Waals surface area contributed by atoms with Crippen molar-refractivity contribution in [1.29, 1.82) is 0 Å². The van der Waals surface area contributed by atoms with Gasteiger partial charge in [0.2, 0.25) is 5.91 Å². The number of unbranched alkanes of at least 4 members (excludes halogenated alkanes) is 3. The number of carbonyl (C=O) groups is 3. The molecule has 0 bridgehead atoms. The van der Waals surface area contributed by atoms with Crippen molar-refractivity contribution in [3.05, 3.63) is 107 Å². The zero-order chi connectivity index (χ0) is 29.5. The summed E-state index contributed by atoms with van der Waals surface area (Å²) in [6.07, 6.45) is 5.41. The minimum atomic E-state index is -0.838. The van der Waals surface area contributed by atoms with E-state index in [4.69, 9.17) is 5.73 Å². The van der Waals surface area contributed by atoms with E-state index in [2.05, 4.69) is 9.80 Å². The molecule has 3 aromatic rings. The van der Waals surface area contributed by atoms with E-state index in [1.807, 2.05) is 67.7 Å². The maximum absolute atomic E-state index is 13.3. The summed E-state index contributed by atoms with van der Waals surface area (Å²) in [6, 6.07) is 27.1. The van der Waals surface area contributed by atoms with Gasteiger partial charge in [0.05, 0.1) is 11.1 Å². The van der Waals surface area contributed by atoms with Crippen molar-refractivity contribution >= 4 is 17.7 Å². The summed E-state index contributed by atoms with van der Waals surface area (Å²) in [6.45, 7) is 4.87. The molecule has 0 radical (unpaired) electrons. The summed E-state index contributed by atoms with van der Waals surface area (Å²) in [4.78, 5) is 44.5. The van der Waals surface area contributed by atoms with E-state index >= 15 is 0 Å². The molecule has 42 heavy (non-hydrogen) atoms. The Hall–Kier alpha value is -3.81. The van der Waals surface area contributed by atoms with Gasteiger partial charge in [0.25, 0.3) is 11.8 Å². The second-order valence-electron chi connectivity index (χ2n) is 11.7. The fraction of sp³-hybridized carbons (Fsp3) is 0.400. The van der Waals surface area contributed by atoms with Crippen molar-refractivity contribution in [3.63, 3.8) is 0 Å². The Morgan fingerprint density at radius 3 is 1.90 bits per heavy atom. The van der Waals surface area contributed by atoms with Crippen LogP contribution in [0.5, 0.6) is 0 Å². The van der Waals surface area contributed by atoms with Crippen LogP contribution in [0.1, 0.15) is 63.9 Å². The molecule has 0 saturated carbocycles. The fourth-order valence-corrected chi connectivity index (χ4v) is 6.81. The highest BCUT2D eigenvalue weighted by molar-refractivity contribution is 6.21. The van der Waals surface area contributed by atoms with Gasteiger partial charge in [-0.25, -0.2) is 0 Å². The quantitative estimate of drug-likeness (QED) is 0.228. The van der Waals surface area contributed by atoms with E-state index in [0.29, 0.717) is 24.2 Å². The fourth-order valence-electron chi connectivity index (χ4n) is 6.81. The molecule has 1 fully saturated rings. The number of rotatable bonds is 14. The Kier molecular flexibility index (Phi) is 9.50. The van der Waals surface area contributed by atoms with Gasteiger partial charge in [-0.05, 0) is 75.1 Å². The largest absolute Gasteiger partial charge is 0.369 e. The van der Waals surface area contributed by atoms with E-state index in [9.17, 15) is 14.4 Å². The lowest BCUT2D eigenvalue weighted by Crippen LogP contribution is -2.49. The topological polar surface area (TPSA) is 86.9 Å². The van der Waals surface area contributed by atoms with Crippen LogP contribution in [0.4, 0.5) is 0 Å². The first-order valence-corrected chi connectivity index (χ1v) is 15.2. The number of nitrogens with zero attached hydrogens (tertiary/aromatic N) is 3. The van der Waals surface area contributed by atoms with Gasteiger partial charge in [-0.1, -0.05) is 85.6 Å². The molecule has 0 aromatic heterocycles. The Bertz CT molecular complexity index is 1300. The normalized spacial score (nSPS) is 17.3. The molecular formula is C35H42N4O3. The molecule has 220 valence electrons. The zero-order valence-corrected chi connectivity index (χ0v) is 24.6. The molecule has 3 amide bonds. The predicted octanol–water partition coefficient (Wildman–Crippen LogP) is 4.57. The third-order valence-corrected chi connectivity index (χ3v) is 9.08. The first-order valence-electron chi connectivity index (χ1n) is 15.2. The Morgan fingerprint density at radius 2 is 1.33 bits per heavy atom. The number of hydrogen-bond acceptors (Lipinski definition) is 5. The molecule has 2 aliphatic heterocycles. The predicted molar refractivity (Wildman–Crippen MR) is 165 cm³/mol. The van der Waals surface area contributed by atoms with Crippen LogP contribution in [0.25, 0.3) is 0 Å². The molecule has 1 atom stereocenters. The molecule has 2 N–H and O–H groups in total. The second kappa shape index (κ2) is 13.4. The van der Waals surface area contributed by atoms with Crippen LogP contribution < -0.4 is 5.73 Å². The van der Waals surface area contributed by atoms with E-state index < -0.39 is 5.41 Å². The lowest BCUT2D eigenvalue weighted by atomic mass is 9.64. The number of fused-ring (bicyclic) bond motifs is 1. The van der Waals surface area contributed by atoms with Gasteiger partial charge in [0.15, 0.2) is 0 Å². The Morgan fingerprint density at radius 1 is 0.786 bits per heavy atom. The van der Waals surface area contributed by atoms with E-state index in [1.54, 1.807) is 24.3 Å². The second-order valence-corrected chi connectivity index (χ2v) is 11.7. The number of hydrogen-bond donors (Lipinski definition) is 1. The summed E-state index contributed by atoms with van der Waals surface area (Å²) < 4.78 is 0. The minimum absolute atomic E-state index is 0.121. The number of nitrogens with two attached hydrogens (primary N) is 1.